The molecule has 0 aliphatic heterocycles. The average Bonchev–Trinajstić information content (AvgIpc) is 3.65. The van der Waals surface area contributed by atoms with Crippen LogP contribution in [-0.4, -0.2) is 15.0 Å². The number of rotatable bonds is 5. The lowest BCUT2D eigenvalue weighted by molar-refractivity contribution is 1.08. The molecule has 11 aromatic rings. The highest BCUT2D eigenvalue weighted by atomic mass is 15.0. The summed E-state index contributed by atoms with van der Waals surface area (Å²) in [6.45, 7) is 0. The van der Waals surface area contributed by atoms with E-state index < -0.39 is 0 Å². The Morgan fingerprint density at radius 1 is 0.300 bits per heavy atom. The quantitative estimate of drug-likeness (QED) is 0.164. The Kier molecular flexibility index (Phi) is 7.57. The number of benzene rings is 10. The van der Waals surface area contributed by atoms with E-state index in [1.54, 1.807) is 0 Å². The van der Waals surface area contributed by atoms with E-state index in [2.05, 4.69) is 127 Å². The summed E-state index contributed by atoms with van der Waals surface area (Å²) in [5.41, 5.74) is 13.3. The molecule has 1 heterocycles. The second kappa shape index (κ2) is 13.4. The molecule has 0 amide bonds. The van der Waals surface area contributed by atoms with Crippen molar-refractivity contribution in [3.05, 3.63) is 200 Å². The van der Waals surface area contributed by atoms with Gasteiger partial charge in [0, 0.05) is 16.7 Å². The normalized spacial score (nSPS) is 11.7. The van der Waals surface area contributed by atoms with E-state index in [4.69, 9.17) is 15.0 Å². The van der Waals surface area contributed by atoms with Crippen molar-refractivity contribution in [3.8, 4) is 84.7 Å². The van der Waals surface area contributed by atoms with E-state index in [1.807, 2.05) is 72.8 Å². The predicted molar refractivity (Wildman–Crippen MR) is 246 cm³/mol. The Morgan fingerprint density at radius 2 is 0.783 bits per heavy atom. The van der Waals surface area contributed by atoms with Gasteiger partial charge in [-0.1, -0.05) is 164 Å². The third-order valence-electron chi connectivity index (χ3n) is 12.1. The zero-order valence-electron chi connectivity index (χ0n) is 32.3. The van der Waals surface area contributed by atoms with Gasteiger partial charge in [-0.05, 0) is 118 Å². The van der Waals surface area contributed by atoms with Gasteiger partial charge in [0.1, 0.15) is 0 Å². The second-order valence-electron chi connectivity index (χ2n) is 15.4. The Hall–Kier alpha value is -8.26. The van der Waals surface area contributed by atoms with Crippen molar-refractivity contribution >= 4 is 43.1 Å². The largest absolute Gasteiger partial charge is 0.208 e. The summed E-state index contributed by atoms with van der Waals surface area (Å²) in [7, 11) is 0. The van der Waals surface area contributed by atoms with Crippen LogP contribution in [0, 0.1) is 11.3 Å². The molecule has 1 aromatic heterocycles. The molecule has 276 valence electrons. The Morgan fingerprint density at radius 3 is 1.42 bits per heavy atom. The lowest BCUT2D eigenvalue weighted by atomic mass is 9.86. The first-order valence-corrected chi connectivity index (χ1v) is 20.2. The monoisotopic (exact) mass is 760 g/mol. The predicted octanol–water partition coefficient (Wildman–Crippen LogP) is 14.3. The number of hydrogen-bond acceptors (Lipinski definition) is 4. The van der Waals surface area contributed by atoms with E-state index >= 15 is 0 Å². The summed E-state index contributed by atoms with van der Waals surface area (Å²) in [5, 5.41) is 18.8. The van der Waals surface area contributed by atoms with Crippen molar-refractivity contribution in [2.75, 3.05) is 0 Å². The maximum Gasteiger partial charge on any atom is 0.164 e. The standard InChI is InChI=1S/C56H32N4/c57-33-34-21-22-38-30-41(24-23-37(38)29-34)42-25-26-46-43-17-7-8-18-44(43)47-27-28-48(52(42)53(46)47)45-19-9-15-39-32-51-40(31-50(39)45)16-10-20-49(51)56-59-54(35-11-3-1-4-12-35)58-55(60-56)36-13-5-2-6-14-36/h1-32H. The minimum atomic E-state index is 0.639. The first-order chi connectivity index (χ1) is 29.7. The van der Waals surface area contributed by atoms with Crippen molar-refractivity contribution in [2.45, 2.75) is 0 Å². The van der Waals surface area contributed by atoms with Gasteiger partial charge >= 0.3 is 0 Å². The molecule has 0 radical (unpaired) electrons. The third-order valence-corrected chi connectivity index (χ3v) is 12.1. The van der Waals surface area contributed by atoms with Gasteiger partial charge < -0.3 is 0 Å². The van der Waals surface area contributed by atoms with Crippen LogP contribution in [0.3, 0.4) is 0 Å². The molecule has 0 N–H and O–H groups in total. The molecule has 12 rings (SSSR count). The Bertz CT molecular complexity index is 3520. The van der Waals surface area contributed by atoms with Gasteiger partial charge in [0.25, 0.3) is 0 Å². The van der Waals surface area contributed by atoms with Gasteiger partial charge in [0.2, 0.25) is 0 Å². The molecule has 1 aliphatic carbocycles. The molecule has 0 unspecified atom stereocenters. The Balaban J connectivity index is 1.08. The first-order valence-electron chi connectivity index (χ1n) is 20.2. The minimum absolute atomic E-state index is 0.639. The van der Waals surface area contributed by atoms with Gasteiger partial charge in [0.05, 0.1) is 11.6 Å². The second-order valence-corrected chi connectivity index (χ2v) is 15.4. The summed E-state index contributed by atoms with van der Waals surface area (Å²) >= 11 is 0. The van der Waals surface area contributed by atoms with Gasteiger partial charge in [-0.25, -0.2) is 15.0 Å². The number of fused-ring (bicyclic) bond motifs is 6. The topological polar surface area (TPSA) is 62.5 Å². The van der Waals surface area contributed by atoms with Crippen LogP contribution in [0.2, 0.25) is 0 Å². The highest BCUT2D eigenvalue weighted by Gasteiger charge is 2.25. The van der Waals surface area contributed by atoms with Crippen LogP contribution in [0.5, 0.6) is 0 Å². The molecule has 4 nitrogen and oxygen atoms in total. The van der Waals surface area contributed by atoms with Crippen LogP contribution in [0.1, 0.15) is 5.56 Å². The van der Waals surface area contributed by atoms with E-state index in [1.165, 1.54) is 55.1 Å². The van der Waals surface area contributed by atoms with Crippen molar-refractivity contribution in [2.24, 2.45) is 0 Å². The maximum absolute atomic E-state index is 9.56. The lowest BCUT2D eigenvalue weighted by Gasteiger charge is -2.17. The highest BCUT2D eigenvalue weighted by molar-refractivity contribution is 6.24. The molecule has 0 saturated carbocycles. The van der Waals surface area contributed by atoms with Crippen LogP contribution in [0.4, 0.5) is 0 Å². The average molecular weight is 761 g/mol. The number of nitriles is 1. The van der Waals surface area contributed by atoms with Crippen LogP contribution in [0.25, 0.3) is 122 Å². The number of nitrogens with zero attached hydrogens (tertiary/aromatic N) is 4. The summed E-state index contributed by atoms with van der Waals surface area (Å²) in [4.78, 5) is 15.1. The van der Waals surface area contributed by atoms with Crippen LogP contribution in [0.15, 0.2) is 194 Å². The van der Waals surface area contributed by atoms with Gasteiger partial charge in [-0.3, -0.25) is 0 Å². The number of aromatic nitrogens is 3. The zero-order valence-corrected chi connectivity index (χ0v) is 32.3. The smallest absolute Gasteiger partial charge is 0.164 e. The molecule has 0 spiro atoms. The first kappa shape index (κ1) is 33.8. The minimum Gasteiger partial charge on any atom is -0.208 e. The van der Waals surface area contributed by atoms with Gasteiger partial charge in [-0.2, -0.15) is 5.26 Å². The summed E-state index contributed by atoms with van der Waals surface area (Å²) in [5.74, 6) is 1.92. The zero-order chi connectivity index (χ0) is 39.7. The fraction of sp³-hybridized carbons (Fsp3) is 0. The van der Waals surface area contributed by atoms with Crippen molar-refractivity contribution < 1.29 is 0 Å². The highest BCUT2D eigenvalue weighted by Crippen LogP contribution is 2.52. The van der Waals surface area contributed by atoms with Crippen molar-refractivity contribution in [1.82, 2.24) is 15.0 Å². The van der Waals surface area contributed by atoms with E-state index in [-0.39, 0.29) is 0 Å². The number of hydrogen-bond donors (Lipinski definition) is 0. The fourth-order valence-electron chi connectivity index (χ4n) is 9.26. The van der Waals surface area contributed by atoms with Crippen LogP contribution >= 0.6 is 0 Å². The summed E-state index contributed by atoms with van der Waals surface area (Å²) < 4.78 is 0. The molecule has 0 saturated heterocycles. The van der Waals surface area contributed by atoms with Gasteiger partial charge in [0.15, 0.2) is 17.5 Å². The molecule has 10 aromatic carbocycles. The molecular formula is C56H32N4. The fourth-order valence-corrected chi connectivity index (χ4v) is 9.26. The van der Waals surface area contributed by atoms with Crippen molar-refractivity contribution in [3.63, 3.8) is 0 Å². The SMILES string of the molecule is N#Cc1ccc2cc(-c3ccc4c5c(ccc(-c6cccc7cc8c(-c9nc(-c%10ccccc%10)nc(-c%10ccccc%10)n9)cccc8cc67)c35)-c3ccccc3-4)ccc2c1. The molecule has 60 heavy (non-hydrogen) atoms. The molecule has 0 bridgehead atoms. The van der Waals surface area contributed by atoms with Crippen LogP contribution in [-0.2, 0) is 0 Å². The summed E-state index contributed by atoms with van der Waals surface area (Å²) in [6, 6.07) is 70.7. The third kappa shape index (κ3) is 5.34. The van der Waals surface area contributed by atoms with E-state index in [0.29, 0.717) is 23.0 Å². The molecule has 0 fully saturated rings. The maximum atomic E-state index is 9.56. The Labute approximate surface area is 346 Å². The van der Waals surface area contributed by atoms with E-state index in [9.17, 15) is 5.26 Å². The molecular weight excluding hydrogens is 729 g/mol. The molecule has 4 heteroatoms. The molecule has 0 atom stereocenters. The van der Waals surface area contributed by atoms with Crippen LogP contribution < -0.4 is 0 Å². The van der Waals surface area contributed by atoms with E-state index in [0.717, 1.165) is 49.2 Å². The summed E-state index contributed by atoms with van der Waals surface area (Å²) in [6.07, 6.45) is 0. The molecule has 1 aliphatic rings. The van der Waals surface area contributed by atoms with Gasteiger partial charge in [-0.15, -0.1) is 0 Å². The lowest BCUT2D eigenvalue weighted by Crippen LogP contribution is -2.00. The van der Waals surface area contributed by atoms with Crippen molar-refractivity contribution in [1.29, 1.82) is 5.26 Å².